The van der Waals surface area contributed by atoms with Crippen molar-refractivity contribution in [3.05, 3.63) is 60.0 Å². The molecule has 4 rings (SSSR count). The van der Waals surface area contributed by atoms with Gasteiger partial charge in [0.2, 0.25) is 23.5 Å². The lowest BCUT2D eigenvalue weighted by Crippen LogP contribution is -2.33. The highest BCUT2D eigenvalue weighted by atomic mass is 16.5. The minimum Gasteiger partial charge on any atom is -0.339 e. The minimum atomic E-state index is -0.163. The molecule has 0 saturated carbocycles. The smallest absolute Gasteiger partial charge is 0.238 e. The van der Waals surface area contributed by atoms with E-state index in [4.69, 9.17) is 4.52 Å². The summed E-state index contributed by atoms with van der Waals surface area (Å²) in [6, 6.07) is 15.3. The molecular formula is C28H35N5O3. The van der Waals surface area contributed by atoms with E-state index in [1.807, 2.05) is 24.3 Å². The summed E-state index contributed by atoms with van der Waals surface area (Å²) in [5.41, 5.74) is 3.43. The van der Waals surface area contributed by atoms with Crippen molar-refractivity contribution in [2.45, 2.75) is 58.3 Å². The van der Waals surface area contributed by atoms with Crippen LogP contribution >= 0.6 is 0 Å². The van der Waals surface area contributed by atoms with Crippen LogP contribution in [0.1, 0.15) is 63.3 Å². The molecule has 2 amide bonds. The Morgan fingerprint density at radius 3 is 2.28 bits per heavy atom. The number of aromatic nitrogens is 2. The number of likely N-dealkylation sites (tertiary alicyclic amines) is 1. The molecule has 8 nitrogen and oxygen atoms in total. The molecule has 1 saturated heterocycles. The first-order valence-corrected chi connectivity index (χ1v) is 12.8. The summed E-state index contributed by atoms with van der Waals surface area (Å²) >= 11 is 0. The Balaban J connectivity index is 1.25. The maximum Gasteiger partial charge on any atom is 0.238 e. The third-order valence-corrected chi connectivity index (χ3v) is 6.37. The highest BCUT2D eigenvalue weighted by molar-refractivity contribution is 5.94. The quantitative estimate of drug-likeness (QED) is 0.426. The van der Waals surface area contributed by atoms with E-state index in [2.05, 4.69) is 51.7 Å². The molecule has 36 heavy (non-hydrogen) atoms. The number of carbonyl (C=O) groups is 2. The van der Waals surface area contributed by atoms with Crippen molar-refractivity contribution in [1.29, 1.82) is 0 Å². The van der Waals surface area contributed by atoms with Gasteiger partial charge in [-0.3, -0.25) is 14.5 Å². The molecular weight excluding hydrogens is 454 g/mol. The van der Waals surface area contributed by atoms with Gasteiger partial charge in [0, 0.05) is 29.8 Å². The lowest BCUT2D eigenvalue weighted by atomic mass is 10.0. The number of nitrogens with one attached hydrogen (secondary N) is 2. The first kappa shape index (κ1) is 25.6. The molecule has 3 aromatic rings. The lowest BCUT2D eigenvalue weighted by Gasteiger charge is -2.19. The van der Waals surface area contributed by atoms with E-state index in [1.165, 1.54) is 18.4 Å². The van der Waals surface area contributed by atoms with Gasteiger partial charge in [0.15, 0.2) is 0 Å². The Morgan fingerprint density at radius 2 is 1.61 bits per heavy atom. The fraction of sp³-hybridized carbons (Fsp3) is 0.429. The molecule has 190 valence electrons. The molecule has 8 heteroatoms. The zero-order valence-corrected chi connectivity index (χ0v) is 21.1. The standard InChI is InChI=1S/C28H35N5O3/c1-20(2)21-10-12-22(13-11-21)28-31-27(36-32-28)15-14-25(34)29-23-8-7-9-24(18-23)30-26(35)19-33-16-5-3-4-6-17-33/h7-13,18,20H,3-6,14-17,19H2,1-2H3,(H,29,34)(H,30,35). The molecule has 0 bridgehead atoms. The van der Waals surface area contributed by atoms with Crippen molar-refractivity contribution in [1.82, 2.24) is 15.0 Å². The van der Waals surface area contributed by atoms with Gasteiger partial charge in [-0.05, 0) is 55.6 Å². The molecule has 2 N–H and O–H groups in total. The number of anilines is 2. The number of aryl methyl sites for hydroxylation is 1. The van der Waals surface area contributed by atoms with Crippen LogP contribution in [0.4, 0.5) is 11.4 Å². The summed E-state index contributed by atoms with van der Waals surface area (Å²) in [5.74, 6) is 1.20. The molecule has 0 unspecified atom stereocenters. The molecule has 2 heterocycles. The van der Waals surface area contributed by atoms with Crippen molar-refractivity contribution in [3.63, 3.8) is 0 Å². The van der Waals surface area contributed by atoms with Crippen LogP contribution in [-0.2, 0) is 16.0 Å². The normalized spacial score (nSPS) is 14.4. The molecule has 1 aliphatic heterocycles. The first-order valence-electron chi connectivity index (χ1n) is 12.8. The Morgan fingerprint density at radius 1 is 0.944 bits per heavy atom. The van der Waals surface area contributed by atoms with Crippen molar-refractivity contribution in [2.24, 2.45) is 0 Å². The average Bonchev–Trinajstić information content (AvgIpc) is 3.19. The van der Waals surface area contributed by atoms with Crippen LogP contribution < -0.4 is 10.6 Å². The summed E-state index contributed by atoms with van der Waals surface area (Å²) in [6.45, 7) is 6.63. The maximum absolute atomic E-state index is 12.5. The number of benzene rings is 2. The largest absolute Gasteiger partial charge is 0.339 e. The maximum atomic E-state index is 12.5. The first-order chi connectivity index (χ1) is 17.5. The van der Waals surface area contributed by atoms with E-state index >= 15 is 0 Å². The molecule has 2 aromatic carbocycles. The second-order valence-electron chi connectivity index (χ2n) is 9.66. The average molecular weight is 490 g/mol. The highest BCUT2D eigenvalue weighted by Crippen LogP contribution is 2.21. The van der Waals surface area contributed by atoms with Crippen molar-refractivity contribution in [2.75, 3.05) is 30.3 Å². The Hall–Kier alpha value is -3.52. The number of nitrogens with zero attached hydrogens (tertiary/aromatic N) is 3. The second-order valence-corrected chi connectivity index (χ2v) is 9.66. The summed E-state index contributed by atoms with van der Waals surface area (Å²) < 4.78 is 5.34. The molecule has 0 aliphatic carbocycles. The monoisotopic (exact) mass is 489 g/mol. The zero-order valence-electron chi connectivity index (χ0n) is 21.1. The van der Waals surface area contributed by atoms with Gasteiger partial charge in [-0.25, -0.2) is 0 Å². The number of hydrogen-bond acceptors (Lipinski definition) is 6. The van der Waals surface area contributed by atoms with Gasteiger partial charge in [0.25, 0.3) is 0 Å². The predicted octanol–water partition coefficient (Wildman–Crippen LogP) is 5.25. The second kappa shape index (κ2) is 12.4. The van der Waals surface area contributed by atoms with E-state index in [1.54, 1.807) is 12.1 Å². The topological polar surface area (TPSA) is 100 Å². The molecule has 0 atom stereocenters. The van der Waals surface area contributed by atoms with Crippen molar-refractivity contribution >= 4 is 23.2 Å². The fourth-order valence-corrected chi connectivity index (χ4v) is 4.31. The third-order valence-electron chi connectivity index (χ3n) is 6.37. The van der Waals surface area contributed by atoms with Crippen LogP contribution in [0.5, 0.6) is 0 Å². The van der Waals surface area contributed by atoms with Crippen LogP contribution in [0.25, 0.3) is 11.4 Å². The lowest BCUT2D eigenvalue weighted by molar-refractivity contribution is -0.117. The van der Waals surface area contributed by atoms with E-state index in [-0.39, 0.29) is 18.2 Å². The van der Waals surface area contributed by atoms with Gasteiger partial charge in [-0.1, -0.05) is 62.2 Å². The number of rotatable bonds is 9. The highest BCUT2D eigenvalue weighted by Gasteiger charge is 2.14. The summed E-state index contributed by atoms with van der Waals surface area (Å²) in [5, 5.41) is 9.87. The van der Waals surface area contributed by atoms with E-state index in [0.29, 0.717) is 42.0 Å². The number of amides is 2. The van der Waals surface area contributed by atoms with E-state index < -0.39 is 0 Å². The minimum absolute atomic E-state index is 0.0357. The molecule has 1 aromatic heterocycles. The Labute approximate surface area is 212 Å². The predicted molar refractivity (Wildman–Crippen MR) is 141 cm³/mol. The van der Waals surface area contributed by atoms with E-state index in [9.17, 15) is 9.59 Å². The Kier molecular flexibility index (Phi) is 8.84. The van der Waals surface area contributed by atoms with Crippen molar-refractivity contribution < 1.29 is 14.1 Å². The van der Waals surface area contributed by atoms with Crippen LogP contribution in [0, 0.1) is 0 Å². The number of hydrogen-bond donors (Lipinski definition) is 2. The van der Waals surface area contributed by atoms with Crippen LogP contribution in [0.3, 0.4) is 0 Å². The fourth-order valence-electron chi connectivity index (χ4n) is 4.31. The van der Waals surface area contributed by atoms with Gasteiger partial charge in [0.05, 0.1) is 6.54 Å². The summed E-state index contributed by atoms with van der Waals surface area (Å²) in [6.07, 6.45) is 5.31. The van der Waals surface area contributed by atoms with Crippen molar-refractivity contribution in [3.8, 4) is 11.4 Å². The summed E-state index contributed by atoms with van der Waals surface area (Å²) in [4.78, 5) is 31.6. The van der Waals surface area contributed by atoms with Gasteiger partial charge in [-0.2, -0.15) is 4.98 Å². The number of carbonyl (C=O) groups excluding carboxylic acids is 2. The van der Waals surface area contributed by atoms with Gasteiger partial charge < -0.3 is 15.2 Å². The van der Waals surface area contributed by atoms with Crippen LogP contribution in [0.15, 0.2) is 53.1 Å². The molecule has 1 aliphatic rings. The summed E-state index contributed by atoms with van der Waals surface area (Å²) in [7, 11) is 0. The SMILES string of the molecule is CC(C)c1ccc(-c2noc(CCC(=O)Nc3cccc(NC(=O)CN4CCCCCC4)c3)n2)cc1. The Bertz CT molecular complexity index is 1150. The molecule has 0 radical (unpaired) electrons. The van der Waals surface area contributed by atoms with E-state index in [0.717, 1.165) is 31.5 Å². The van der Waals surface area contributed by atoms with Crippen LogP contribution in [0.2, 0.25) is 0 Å². The van der Waals surface area contributed by atoms with Crippen LogP contribution in [-0.4, -0.2) is 46.5 Å². The van der Waals surface area contributed by atoms with Gasteiger partial charge in [0.1, 0.15) is 0 Å². The third kappa shape index (κ3) is 7.49. The molecule has 1 fully saturated rings. The van der Waals surface area contributed by atoms with Gasteiger partial charge >= 0.3 is 0 Å². The van der Waals surface area contributed by atoms with Gasteiger partial charge in [-0.15, -0.1) is 0 Å². The zero-order chi connectivity index (χ0) is 25.3. The molecule has 0 spiro atoms.